The molecule has 0 aliphatic carbocycles. The molecule has 0 unspecified atom stereocenters. The number of esters is 1. The Kier molecular flexibility index (Phi) is 5.63. The summed E-state index contributed by atoms with van der Waals surface area (Å²) in [7, 11) is -1.29. The SMILES string of the molecule is CCOC(=O)c1cc(Oc2ccc(S(=O)(=O)N(C)C)c(F)c2)c2cc(C)oc2c1. The molecule has 9 heteroatoms. The van der Waals surface area contributed by atoms with E-state index in [-0.39, 0.29) is 23.7 Å². The predicted octanol–water partition coefficient (Wildman–Crippen LogP) is 4.10. The molecule has 0 amide bonds. The molecule has 0 N–H and O–H groups in total. The average Bonchev–Trinajstić information content (AvgIpc) is 3.02. The van der Waals surface area contributed by atoms with Crippen LogP contribution in [0.5, 0.6) is 11.5 Å². The lowest BCUT2D eigenvalue weighted by molar-refractivity contribution is 0.0526. The van der Waals surface area contributed by atoms with Gasteiger partial charge in [0.2, 0.25) is 10.0 Å². The summed E-state index contributed by atoms with van der Waals surface area (Å²) < 4.78 is 56.1. The second kappa shape index (κ2) is 7.84. The summed E-state index contributed by atoms with van der Waals surface area (Å²) >= 11 is 0. The van der Waals surface area contributed by atoms with Crippen molar-refractivity contribution in [3.63, 3.8) is 0 Å². The zero-order chi connectivity index (χ0) is 21.3. The van der Waals surface area contributed by atoms with E-state index in [0.717, 1.165) is 16.4 Å². The number of benzene rings is 2. The van der Waals surface area contributed by atoms with Crippen LogP contribution in [-0.4, -0.2) is 39.4 Å². The Bertz CT molecular complexity index is 1180. The number of hydrogen-bond donors (Lipinski definition) is 0. The molecule has 0 aliphatic rings. The van der Waals surface area contributed by atoms with Crippen LogP contribution in [0.25, 0.3) is 11.0 Å². The van der Waals surface area contributed by atoms with E-state index in [2.05, 4.69) is 0 Å². The summed E-state index contributed by atoms with van der Waals surface area (Å²) in [5.41, 5.74) is 0.631. The lowest BCUT2D eigenvalue weighted by Crippen LogP contribution is -2.23. The van der Waals surface area contributed by atoms with Crippen molar-refractivity contribution in [1.29, 1.82) is 0 Å². The Morgan fingerprint density at radius 3 is 2.52 bits per heavy atom. The second-order valence-electron chi connectivity index (χ2n) is 6.45. The molecule has 0 aliphatic heterocycles. The first-order chi connectivity index (χ1) is 13.6. The maximum atomic E-state index is 14.5. The van der Waals surface area contributed by atoms with E-state index < -0.39 is 26.7 Å². The van der Waals surface area contributed by atoms with E-state index >= 15 is 0 Å². The van der Waals surface area contributed by atoms with Crippen molar-refractivity contribution in [2.24, 2.45) is 0 Å². The topological polar surface area (TPSA) is 86.0 Å². The number of halogens is 1. The zero-order valence-corrected chi connectivity index (χ0v) is 17.2. The first kappa shape index (κ1) is 20.8. The van der Waals surface area contributed by atoms with E-state index in [0.29, 0.717) is 16.7 Å². The number of fused-ring (bicyclic) bond motifs is 1. The number of aryl methyl sites for hydroxylation is 1. The molecule has 0 spiro atoms. The van der Waals surface area contributed by atoms with Gasteiger partial charge >= 0.3 is 5.97 Å². The quantitative estimate of drug-likeness (QED) is 0.557. The third kappa shape index (κ3) is 4.10. The van der Waals surface area contributed by atoms with Gasteiger partial charge in [0.05, 0.1) is 17.6 Å². The van der Waals surface area contributed by atoms with Crippen LogP contribution >= 0.6 is 0 Å². The number of hydrogen-bond acceptors (Lipinski definition) is 6. The fourth-order valence-electron chi connectivity index (χ4n) is 2.73. The summed E-state index contributed by atoms with van der Waals surface area (Å²) in [5.74, 6) is -0.569. The normalized spacial score (nSPS) is 11.8. The maximum Gasteiger partial charge on any atom is 0.338 e. The van der Waals surface area contributed by atoms with Crippen LogP contribution in [-0.2, 0) is 14.8 Å². The maximum absolute atomic E-state index is 14.5. The van der Waals surface area contributed by atoms with Gasteiger partial charge in [-0.25, -0.2) is 21.9 Å². The lowest BCUT2D eigenvalue weighted by Gasteiger charge is -2.13. The number of rotatable bonds is 6. The van der Waals surface area contributed by atoms with E-state index in [1.54, 1.807) is 26.0 Å². The summed E-state index contributed by atoms with van der Waals surface area (Å²) in [4.78, 5) is 11.7. The van der Waals surface area contributed by atoms with Crippen molar-refractivity contribution in [2.45, 2.75) is 18.7 Å². The van der Waals surface area contributed by atoms with Gasteiger partial charge in [0.15, 0.2) is 0 Å². The Morgan fingerprint density at radius 2 is 1.90 bits per heavy atom. The van der Waals surface area contributed by atoms with Crippen LogP contribution < -0.4 is 4.74 Å². The average molecular weight is 421 g/mol. The molecule has 0 saturated carbocycles. The first-order valence-corrected chi connectivity index (χ1v) is 10.2. The molecule has 1 heterocycles. The van der Waals surface area contributed by atoms with E-state index in [4.69, 9.17) is 13.9 Å². The molecule has 3 rings (SSSR count). The van der Waals surface area contributed by atoms with Gasteiger partial charge in [-0.2, -0.15) is 0 Å². The number of carbonyl (C=O) groups is 1. The molecular formula is C20H20FNO6S. The molecule has 3 aromatic rings. The van der Waals surface area contributed by atoms with Crippen LogP contribution in [0.1, 0.15) is 23.0 Å². The van der Waals surface area contributed by atoms with Gasteiger partial charge in [-0.15, -0.1) is 0 Å². The highest BCUT2D eigenvalue weighted by molar-refractivity contribution is 7.89. The van der Waals surface area contributed by atoms with Crippen molar-refractivity contribution >= 4 is 27.0 Å². The van der Waals surface area contributed by atoms with Crippen molar-refractivity contribution in [3.8, 4) is 11.5 Å². The fourth-order valence-corrected chi connectivity index (χ4v) is 3.67. The molecule has 0 fully saturated rings. The molecule has 0 radical (unpaired) electrons. The lowest BCUT2D eigenvalue weighted by atomic mass is 10.1. The summed E-state index contributed by atoms with van der Waals surface area (Å²) in [6.45, 7) is 3.64. The number of sulfonamides is 1. The smallest absolute Gasteiger partial charge is 0.338 e. The monoisotopic (exact) mass is 421 g/mol. The second-order valence-corrected chi connectivity index (χ2v) is 8.57. The van der Waals surface area contributed by atoms with Crippen molar-refractivity contribution < 1.29 is 31.5 Å². The predicted molar refractivity (Wildman–Crippen MR) is 104 cm³/mol. The molecule has 0 bridgehead atoms. The number of furan rings is 1. The minimum Gasteiger partial charge on any atom is -0.462 e. The Balaban J connectivity index is 2.03. The van der Waals surface area contributed by atoms with E-state index in [1.807, 2.05) is 0 Å². The highest BCUT2D eigenvalue weighted by Crippen LogP contribution is 2.35. The number of nitrogens with zero attached hydrogens (tertiary/aromatic N) is 1. The van der Waals surface area contributed by atoms with Gasteiger partial charge in [-0.1, -0.05) is 0 Å². The Hall–Kier alpha value is -2.91. The minimum atomic E-state index is -3.93. The standard InChI is InChI=1S/C20H20FNO6S/c1-5-26-20(23)13-9-17-15(8-12(2)27-17)18(10-13)28-14-6-7-19(16(21)11-14)29(24,25)22(3)4/h6-11H,5H2,1-4H3. The van der Waals surface area contributed by atoms with Gasteiger partial charge in [0.1, 0.15) is 33.6 Å². The van der Waals surface area contributed by atoms with Crippen molar-refractivity contribution in [3.05, 3.63) is 53.5 Å². The third-order valence-corrected chi connectivity index (χ3v) is 5.97. The number of ether oxygens (including phenoxy) is 2. The van der Waals surface area contributed by atoms with Crippen molar-refractivity contribution in [1.82, 2.24) is 4.31 Å². The first-order valence-electron chi connectivity index (χ1n) is 8.74. The fraction of sp³-hybridized carbons (Fsp3) is 0.250. The van der Waals surface area contributed by atoms with Gasteiger partial charge in [0.25, 0.3) is 0 Å². The largest absolute Gasteiger partial charge is 0.462 e. The van der Waals surface area contributed by atoms with Crippen LogP contribution in [0.3, 0.4) is 0 Å². The number of carbonyl (C=O) groups excluding carboxylic acids is 1. The molecule has 7 nitrogen and oxygen atoms in total. The minimum absolute atomic E-state index is 0.0707. The summed E-state index contributed by atoms with van der Waals surface area (Å²) in [6.07, 6.45) is 0. The van der Waals surface area contributed by atoms with Gasteiger partial charge in [0, 0.05) is 20.2 Å². The third-order valence-electron chi connectivity index (χ3n) is 4.12. The highest BCUT2D eigenvalue weighted by Gasteiger charge is 2.22. The molecule has 2 aromatic carbocycles. The molecular weight excluding hydrogens is 401 g/mol. The highest BCUT2D eigenvalue weighted by atomic mass is 32.2. The van der Waals surface area contributed by atoms with Crippen LogP contribution in [0, 0.1) is 12.7 Å². The molecule has 154 valence electrons. The van der Waals surface area contributed by atoms with Crippen molar-refractivity contribution in [2.75, 3.05) is 20.7 Å². The van der Waals surface area contributed by atoms with Gasteiger partial charge in [-0.3, -0.25) is 0 Å². The summed E-state index contributed by atoms with van der Waals surface area (Å²) in [5, 5.41) is 0.584. The van der Waals surface area contributed by atoms with Gasteiger partial charge in [-0.05, 0) is 44.2 Å². The van der Waals surface area contributed by atoms with Gasteiger partial charge < -0.3 is 13.9 Å². The van der Waals surface area contributed by atoms with Crippen LogP contribution in [0.15, 0.2) is 45.7 Å². The van der Waals surface area contributed by atoms with Crippen LogP contribution in [0.2, 0.25) is 0 Å². The van der Waals surface area contributed by atoms with Crippen LogP contribution in [0.4, 0.5) is 4.39 Å². The summed E-state index contributed by atoms with van der Waals surface area (Å²) in [6, 6.07) is 8.19. The Morgan fingerprint density at radius 1 is 1.17 bits per heavy atom. The molecule has 0 saturated heterocycles. The zero-order valence-electron chi connectivity index (χ0n) is 16.4. The Labute approximate surface area is 167 Å². The molecule has 1 aromatic heterocycles. The van der Waals surface area contributed by atoms with E-state index in [9.17, 15) is 17.6 Å². The van der Waals surface area contributed by atoms with E-state index in [1.165, 1.54) is 26.2 Å². The molecule has 0 atom stereocenters. The molecule has 29 heavy (non-hydrogen) atoms.